The monoisotopic (exact) mass is 374 g/mol. The summed E-state index contributed by atoms with van der Waals surface area (Å²) < 4.78 is 0. The molecule has 0 radical (unpaired) electrons. The molecule has 0 aliphatic heterocycles. The second kappa shape index (κ2) is 9.13. The first-order valence-corrected chi connectivity index (χ1v) is 9.49. The number of aliphatic imine (C=N–C) groups is 1. The van der Waals surface area contributed by atoms with Crippen LogP contribution in [0.25, 0.3) is 0 Å². The van der Waals surface area contributed by atoms with Crippen LogP contribution in [-0.4, -0.2) is 16.6 Å². The summed E-state index contributed by atoms with van der Waals surface area (Å²) in [5, 5.41) is 6.26. The van der Waals surface area contributed by atoms with Crippen LogP contribution >= 0.6 is 0 Å². The molecule has 5 heteroatoms. The summed E-state index contributed by atoms with van der Waals surface area (Å²) in [6.45, 7) is 6.12. The topological polar surface area (TPSA) is 66.4 Å². The molecule has 3 rings (SSSR count). The molecule has 1 aliphatic rings. The predicted octanol–water partition coefficient (Wildman–Crippen LogP) is 4.95. The Morgan fingerprint density at radius 3 is 2.82 bits per heavy atom. The lowest BCUT2D eigenvalue weighted by Crippen LogP contribution is -2.14. The molecule has 1 aliphatic carbocycles. The second-order valence-electron chi connectivity index (χ2n) is 7.15. The summed E-state index contributed by atoms with van der Waals surface area (Å²) in [6, 6.07) is 9.74. The van der Waals surface area contributed by atoms with Crippen LogP contribution < -0.4 is 10.6 Å². The lowest BCUT2D eigenvalue weighted by atomic mass is 10.1. The predicted molar refractivity (Wildman–Crippen MR) is 114 cm³/mol. The van der Waals surface area contributed by atoms with Crippen LogP contribution in [0.4, 0.5) is 5.69 Å². The smallest absolute Gasteiger partial charge is 0.257 e. The van der Waals surface area contributed by atoms with E-state index in [2.05, 4.69) is 40.5 Å². The van der Waals surface area contributed by atoms with Gasteiger partial charge < -0.3 is 10.6 Å². The van der Waals surface area contributed by atoms with E-state index in [1.807, 2.05) is 43.5 Å². The highest BCUT2D eigenvalue weighted by Gasteiger charge is 2.09. The SMILES string of the molecule is CC1=CC(=NC=CNC(C)c2cccc(NC(=O)c3cncc(C)c3)c2)CC1. The van der Waals surface area contributed by atoms with Gasteiger partial charge in [0, 0.05) is 42.2 Å². The molecule has 1 aromatic carbocycles. The number of aromatic nitrogens is 1. The number of carbonyl (C=O) groups excluding carboxylic acids is 1. The van der Waals surface area contributed by atoms with E-state index in [1.165, 1.54) is 5.57 Å². The molecule has 0 fully saturated rings. The third-order valence-electron chi connectivity index (χ3n) is 4.63. The summed E-state index contributed by atoms with van der Waals surface area (Å²) >= 11 is 0. The molecule has 1 amide bonds. The third-order valence-corrected chi connectivity index (χ3v) is 4.63. The molecule has 1 heterocycles. The number of rotatable bonds is 6. The molecule has 2 N–H and O–H groups in total. The average Bonchev–Trinajstić information content (AvgIpc) is 3.10. The Morgan fingerprint density at radius 1 is 1.21 bits per heavy atom. The molecule has 0 saturated carbocycles. The lowest BCUT2D eigenvalue weighted by Gasteiger charge is -2.14. The highest BCUT2D eigenvalue weighted by Crippen LogP contribution is 2.18. The van der Waals surface area contributed by atoms with Gasteiger partial charge in [-0.05, 0) is 69.0 Å². The number of allylic oxidation sites excluding steroid dienone is 2. The number of benzene rings is 1. The van der Waals surface area contributed by atoms with Crippen LogP contribution in [0.2, 0.25) is 0 Å². The fourth-order valence-corrected chi connectivity index (χ4v) is 3.04. The zero-order valence-corrected chi connectivity index (χ0v) is 16.6. The summed E-state index contributed by atoms with van der Waals surface area (Å²) in [7, 11) is 0. The van der Waals surface area contributed by atoms with Crippen molar-refractivity contribution < 1.29 is 4.79 Å². The average molecular weight is 374 g/mol. The van der Waals surface area contributed by atoms with Gasteiger partial charge in [0.15, 0.2) is 0 Å². The Morgan fingerprint density at radius 2 is 2.07 bits per heavy atom. The van der Waals surface area contributed by atoms with Gasteiger partial charge in [-0.1, -0.05) is 17.7 Å². The van der Waals surface area contributed by atoms with Gasteiger partial charge >= 0.3 is 0 Å². The highest BCUT2D eigenvalue weighted by molar-refractivity contribution is 6.04. The maximum atomic E-state index is 12.4. The van der Waals surface area contributed by atoms with Gasteiger partial charge in [-0.2, -0.15) is 0 Å². The van der Waals surface area contributed by atoms with E-state index in [-0.39, 0.29) is 11.9 Å². The van der Waals surface area contributed by atoms with Crippen LogP contribution in [0.5, 0.6) is 0 Å². The largest absolute Gasteiger partial charge is 0.383 e. The number of hydrogen-bond donors (Lipinski definition) is 2. The zero-order valence-electron chi connectivity index (χ0n) is 16.6. The van der Waals surface area contributed by atoms with E-state index in [0.717, 1.165) is 35.4 Å². The Balaban J connectivity index is 1.60. The van der Waals surface area contributed by atoms with Crippen LogP contribution in [-0.2, 0) is 0 Å². The third kappa shape index (κ3) is 5.39. The number of nitrogens with zero attached hydrogens (tertiary/aromatic N) is 2. The standard InChI is InChI=1S/C23H26N4O/c1-16-7-8-21(12-16)26-10-9-25-18(3)19-5-4-6-22(13-19)27-23(28)20-11-17(2)14-24-15-20/h4-6,9-15,18,25H,7-8H2,1-3H3,(H,27,28). The van der Waals surface area contributed by atoms with E-state index in [0.29, 0.717) is 5.56 Å². The van der Waals surface area contributed by atoms with E-state index < -0.39 is 0 Å². The number of amides is 1. The quantitative estimate of drug-likeness (QED) is 0.752. The van der Waals surface area contributed by atoms with Crippen molar-refractivity contribution in [2.24, 2.45) is 4.99 Å². The molecule has 2 aromatic rings. The van der Waals surface area contributed by atoms with Crippen LogP contribution in [0.15, 0.2) is 71.8 Å². The van der Waals surface area contributed by atoms with Gasteiger partial charge in [0.05, 0.1) is 5.56 Å². The van der Waals surface area contributed by atoms with Gasteiger partial charge in [-0.25, -0.2) is 0 Å². The summed E-state index contributed by atoms with van der Waals surface area (Å²) in [6.07, 6.45) is 11.2. The Labute approximate surface area is 166 Å². The minimum atomic E-state index is -0.162. The molecule has 28 heavy (non-hydrogen) atoms. The van der Waals surface area contributed by atoms with E-state index in [4.69, 9.17) is 0 Å². The lowest BCUT2D eigenvalue weighted by molar-refractivity contribution is 0.102. The maximum absolute atomic E-state index is 12.4. The molecule has 5 nitrogen and oxygen atoms in total. The second-order valence-corrected chi connectivity index (χ2v) is 7.15. The van der Waals surface area contributed by atoms with Gasteiger partial charge in [0.2, 0.25) is 0 Å². The number of aryl methyl sites for hydroxylation is 1. The zero-order chi connectivity index (χ0) is 19.9. The van der Waals surface area contributed by atoms with Gasteiger partial charge in [0.25, 0.3) is 5.91 Å². The molecule has 1 atom stereocenters. The van der Waals surface area contributed by atoms with Crippen molar-refractivity contribution in [2.45, 2.75) is 39.7 Å². The van der Waals surface area contributed by atoms with E-state index in [1.54, 1.807) is 18.6 Å². The van der Waals surface area contributed by atoms with Crippen molar-refractivity contribution in [1.29, 1.82) is 0 Å². The Bertz CT molecular complexity index is 943. The van der Waals surface area contributed by atoms with Crippen molar-refractivity contribution in [1.82, 2.24) is 10.3 Å². The minimum absolute atomic E-state index is 0.0924. The molecule has 144 valence electrons. The van der Waals surface area contributed by atoms with Crippen molar-refractivity contribution >= 4 is 17.3 Å². The van der Waals surface area contributed by atoms with Gasteiger partial charge in [-0.15, -0.1) is 0 Å². The van der Waals surface area contributed by atoms with Crippen molar-refractivity contribution in [3.05, 3.63) is 83.5 Å². The summed E-state index contributed by atoms with van der Waals surface area (Å²) in [4.78, 5) is 21.0. The first kappa shape index (κ1) is 19.5. The number of hydrogen-bond acceptors (Lipinski definition) is 4. The van der Waals surface area contributed by atoms with E-state index >= 15 is 0 Å². The Kier molecular flexibility index (Phi) is 6.37. The van der Waals surface area contributed by atoms with Crippen molar-refractivity contribution in [2.75, 3.05) is 5.32 Å². The fraction of sp³-hybridized carbons (Fsp3) is 0.261. The summed E-state index contributed by atoms with van der Waals surface area (Å²) in [5.41, 5.74) is 5.85. The first-order valence-electron chi connectivity index (χ1n) is 9.49. The molecular weight excluding hydrogens is 348 g/mol. The first-order chi connectivity index (χ1) is 13.5. The number of nitrogens with one attached hydrogen (secondary N) is 2. The normalized spacial score (nSPS) is 16.2. The fourth-order valence-electron chi connectivity index (χ4n) is 3.04. The minimum Gasteiger partial charge on any atom is -0.383 e. The molecule has 0 saturated heterocycles. The molecular formula is C23H26N4O. The number of carbonyl (C=O) groups is 1. The Hall–Kier alpha value is -3.21. The molecule has 0 spiro atoms. The van der Waals surface area contributed by atoms with Crippen LogP contribution in [0, 0.1) is 6.92 Å². The van der Waals surface area contributed by atoms with Crippen LogP contribution in [0.3, 0.4) is 0 Å². The molecule has 0 bridgehead atoms. The van der Waals surface area contributed by atoms with Crippen LogP contribution in [0.1, 0.15) is 54.2 Å². The van der Waals surface area contributed by atoms with Crippen molar-refractivity contribution in [3.8, 4) is 0 Å². The summed E-state index contributed by atoms with van der Waals surface area (Å²) in [5.74, 6) is -0.162. The van der Waals surface area contributed by atoms with Crippen molar-refractivity contribution in [3.63, 3.8) is 0 Å². The number of pyridine rings is 1. The number of anilines is 1. The molecule has 1 unspecified atom stereocenters. The van der Waals surface area contributed by atoms with Gasteiger partial charge in [0.1, 0.15) is 0 Å². The van der Waals surface area contributed by atoms with Gasteiger partial charge in [-0.3, -0.25) is 14.8 Å². The highest BCUT2D eigenvalue weighted by atomic mass is 16.1. The molecule has 1 aromatic heterocycles. The van der Waals surface area contributed by atoms with E-state index in [9.17, 15) is 4.79 Å². The maximum Gasteiger partial charge on any atom is 0.257 e.